The molecule has 1 spiro atoms. The fourth-order valence-electron chi connectivity index (χ4n) is 9.27. The highest BCUT2D eigenvalue weighted by Crippen LogP contribution is 2.71. The van der Waals surface area contributed by atoms with Crippen LogP contribution in [0.3, 0.4) is 0 Å². The number of fused-ring (bicyclic) bond motifs is 2. The minimum atomic E-state index is -0.272. The number of para-hydroxylation sites is 1. The first kappa shape index (κ1) is 20.3. The number of aliphatic hydroxyl groups is 2. The number of nitrogens with zero attached hydrogens (tertiary/aromatic N) is 2. The van der Waals surface area contributed by atoms with Crippen LogP contribution in [-0.2, 0) is 5.41 Å². The highest BCUT2D eigenvalue weighted by Gasteiger charge is 2.82. The average Bonchev–Trinajstić information content (AvgIpc) is 3.09. The normalized spacial score (nSPS) is 50.4. The first-order chi connectivity index (χ1) is 13.5. The summed E-state index contributed by atoms with van der Waals surface area (Å²) in [6.07, 6.45) is 5.09. The van der Waals surface area contributed by atoms with Gasteiger partial charge in [-0.15, -0.1) is 0 Å². The van der Waals surface area contributed by atoms with Crippen LogP contribution in [0.15, 0.2) is 24.3 Å². The van der Waals surface area contributed by atoms with Crippen molar-refractivity contribution >= 4 is 5.69 Å². The Kier molecular flexibility index (Phi) is 4.51. The molecular weight excluding hydrogens is 428 g/mol. The molecule has 2 N–H and O–H groups in total. The SMILES string of the molecule is CCCC[N+]12C(O)C(CC)C3CC1C1N(C)c4ccccc4C14CC2C3C4O.[Br-]. The summed E-state index contributed by atoms with van der Waals surface area (Å²) in [6.45, 7) is 5.59. The van der Waals surface area contributed by atoms with Crippen LogP contribution in [0.4, 0.5) is 5.69 Å². The standard InChI is InChI=1S/C24H35N2O2.BrH/c1-4-6-11-26-18-12-15(14(5-2)23(26)28)20-19(26)13-24(22(20)27)16-9-7-8-10-17(16)25(3)21(18)24;/h7-10,14-15,18-23,27-28H,4-6,11-13H2,1-3H3;1H/q+1;/p-1. The van der Waals surface area contributed by atoms with Crippen LogP contribution in [0.2, 0.25) is 0 Å². The topological polar surface area (TPSA) is 43.7 Å². The van der Waals surface area contributed by atoms with E-state index >= 15 is 0 Å². The molecule has 0 aromatic heterocycles. The van der Waals surface area contributed by atoms with Gasteiger partial charge >= 0.3 is 0 Å². The second-order valence-corrected chi connectivity index (χ2v) is 10.4. The van der Waals surface area contributed by atoms with Gasteiger partial charge in [0.15, 0.2) is 6.23 Å². The summed E-state index contributed by atoms with van der Waals surface area (Å²) in [5, 5.41) is 23.7. The quantitative estimate of drug-likeness (QED) is 0.612. The number of anilines is 1. The molecular formula is C24H35BrN2O2. The van der Waals surface area contributed by atoms with E-state index in [4.69, 9.17) is 0 Å². The molecule has 1 aromatic carbocycles. The monoisotopic (exact) mass is 462 g/mol. The van der Waals surface area contributed by atoms with Crippen LogP contribution < -0.4 is 21.9 Å². The zero-order chi connectivity index (χ0) is 19.4. The van der Waals surface area contributed by atoms with Gasteiger partial charge in [-0.3, -0.25) is 4.48 Å². The fraction of sp³-hybridized carbons (Fsp3) is 0.750. The van der Waals surface area contributed by atoms with E-state index in [0.717, 1.165) is 23.9 Å². The van der Waals surface area contributed by atoms with E-state index in [0.29, 0.717) is 35.9 Å². The molecule has 0 radical (unpaired) electrons. The molecule has 4 nitrogen and oxygen atoms in total. The summed E-state index contributed by atoms with van der Waals surface area (Å²) in [4.78, 5) is 2.49. The van der Waals surface area contributed by atoms with Crippen molar-refractivity contribution in [2.45, 2.75) is 81.8 Å². The van der Waals surface area contributed by atoms with E-state index in [2.05, 4.69) is 50.1 Å². The summed E-state index contributed by atoms with van der Waals surface area (Å²) in [6, 6.07) is 10.00. The van der Waals surface area contributed by atoms with E-state index in [1.165, 1.54) is 30.5 Å². The molecule has 10 unspecified atom stereocenters. The maximum atomic E-state index is 12.0. The van der Waals surface area contributed by atoms with Crippen LogP contribution in [0.5, 0.6) is 0 Å². The van der Waals surface area contributed by atoms with Gasteiger partial charge < -0.3 is 32.1 Å². The Bertz CT molecular complexity index is 820. The maximum Gasteiger partial charge on any atom is 0.194 e. The van der Waals surface area contributed by atoms with Gasteiger partial charge in [-0.25, -0.2) is 0 Å². The zero-order valence-corrected chi connectivity index (χ0v) is 19.4. The Hall–Kier alpha value is -0.620. The number of likely N-dealkylation sites (N-methyl/N-ethyl adjacent to an activating group) is 1. The third-order valence-electron chi connectivity index (χ3n) is 10.0. The molecule has 6 aliphatic rings. The van der Waals surface area contributed by atoms with Crippen molar-refractivity contribution in [2.75, 3.05) is 18.5 Å². The summed E-state index contributed by atoms with van der Waals surface area (Å²) >= 11 is 0. The molecule has 5 bridgehead atoms. The molecule has 0 amide bonds. The van der Waals surface area contributed by atoms with Crippen molar-refractivity contribution < 1.29 is 31.7 Å². The lowest BCUT2D eigenvalue weighted by atomic mass is 9.60. The molecule has 1 aliphatic carbocycles. The van der Waals surface area contributed by atoms with Gasteiger partial charge in [-0.1, -0.05) is 38.5 Å². The van der Waals surface area contributed by atoms with E-state index in [9.17, 15) is 10.2 Å². The van der Waals surface area contributed by atoms with Gasteiger partial charge in [0.25, 0.3) is 0 Å². The van der Waals surface area contributed by atoms with E-state index in [1.54, 1.807) is 0 Å². The Morgan fingerprint density at radius 1 is 1.17 bits per heavy atom. The van der Waals surface area contributed by atoms with Crippen molar-refractivity contribution in [2.24, 2.45) is 17.8 Å². The average molecular weight is 463 g/mol. The minimum absolute atomic E-state index is 0. The molecule has 1 saturated carbocycles. The van der Waals surface area contributed by atoms with Gasteiger partial charge in [0.05, 0.1) is 30.1 Å². The van der Waals surface area contributed by atoms with Crippen molar-refractivity contribution in [1.82, 2.24) is 0 Å². The number of rotatable bonds is 4. The number of halogens is 1. The molecule has 7 rings (SSSR count). The van der Waals surface area contributed by atoms with Gasteiger partial charge in [0.1, 0.15) is 6.04 Å². The smallest absolute Gasteiger partial charge is 0.194 e. The largest absolute Gasteiger partial charge is 1.00 e. The predicted molar refractivity (Wildman–Crippen MR) is 110 cm³/mol. The number of hydrogen-bond donors (Lipinski definition) is 2. The third-order valence-corrected chi connectivity index (χ3v) is 10.0. The van der Waals surface area contributed by atoms with Crippen molar-refractivity contribution in [1.29, 1.82) is 0 Å². The predicted octanol–water partition coefficient (Wildman–Crippen LogP) is -0.127. The van der Waals surface area contributed by atoms with Crippen LogP contribution >= 0.6 is 0 Å². The van der Waals surface area contributed by atoms with Crippen LogP contribution in [-0.4, -0.2) is 58.7 Å². The second kappa shape index (κ2) is 6.44. The Labute approximate surface area is 185 Å². The number of aliphatic hydroxyl groups excluding tert-OH is 2. The number of piperidine rings is 4. The fourth-order valence-corrected chi connectivity index (χ4v) is 9.27. The molecule has 4 saturated heterocycles. The lowest BCUT2D eigenvalue weighted by Gasteiger charge is -2.68. The number of hydrogen-bond acceptors (Lipinski definition) is 3. The summed E-state index contributed by atoms with van der Waals surface area (Å²) in [7, 11) is 2.24. The molecule has 5 heterocycles. The zero-order valence-electron chi connectivity index (χ0n) is 17.8. The Morgan fingerprint density at radius 3 is 2.66 bits per heavy atom. The van der Waals surface area contributed by atoms with Gasteiger partial charge in [-0.05, 0) is 30.4 Å². The lowest BCUT2D eigenvalue weighted by molar-refractivity contribution is -1.04. The Balaban J connectivity index is 0.00000181. The van der Waals surface area contributed by atoms with E-state index < -0.39 is 0 Å². The summed E-state index contributed by atoms with van der Waals surface area (Å²) in [5.41, 5.74) is 2.56. The van der Waals surface area contributed by atoms with E-state index in [1.807, 2.05) is 0 Å². The van der Waals surface area contributed by atoms with Gasteiger partial charge in [-0.2, -0.15) is 0 Å². The minimum Gasteiger partial charge on any atom is -1.00 e. The third kappa shape index (κ3) is 1.98. The molecule has 1 aromatic rings. The van der Waals surface area contributed by atoms with E-state index in [-0.39, 0.29) is 34.7 Å². The summed E-state index contributed by atoms with van der Waals surface area (Å²) < 4.78 is 0.884. The number of quaternary nitrogens is 1. The first-order valence-electron chi connectivity index (χ1n) is 11.6. The molecule has 5 aliphatic heterocycles. The molecule has 10 atom stereocenters. The molecule has 29 heavy (non-hydrogen) atoms. The van der Waals surface area contributed by atoms with Crippen LogP contribution in [0.1, 0.15) is 51.5 Å². The molecule has 160 valence electrons. The van der Waals surface area contributed by atoms with Crippen molar-refractivity contribution in [3.05, 3.63) is 29.8 Å². The number of benzene rings is 1. The maximum absolute atomic E-state index is 12.0. The summed E-state index contributed by atoms with van der Waals surface area (Å²) in [5.74, 6) is 1.18. The van der Waals surface area contributed by atoms with Crippen molar-refractivity contribution in [3.63, 3.8) is 0 Å². The highest BCUT2D eigenvalue weighted by atomic mass is 79.9. The number of unbranched alkanes of at least 4 members (excludes halogenated alkanes) is 1. The van der Waals surface area contributed by atoms with Crippen molar-refractivity contribution in [3.8, 4) is 0 Å². The van der Waals surface area contributed by atoms with Gasteiger partial charge in [0, 0.05) is 37.4 Å². The Morgan fingerprint density at radius 2 is 1.93 bits per heavy atom. The van der Waals surface area contributed by atoms with Crippen LogP contribution in [0.25, 0.3) is 0 Å². The second-order valence-electron chi connectivity index (χ2n) is 10.4. The first-order valence-corrected chi connectivity index (χ1v) is 11.6. The van der Waals surface area contributed by atoms with Gasteiger partial charge in [0.2, 0.25) is 0 Å². The van der Waals surface area contributed by atoms with Crippen LogP contribution in [0, 0.1) is 17.8 Å². The highest BCUT2D eigenvalue weighted by molar-refractivity contribution is 5.66. The lowest BCUT2D eigenvalue weighted by Crippen LogP contribution is -3.00. The molecule has 5 fully saturated rings. The molecule has 5 heteroatoms.